The maximum atomic E-state index is 12.3. The number of aryl methyl sites for hydroxylation is 1. The number of amides is 1. The van der Waals surface area contributed by atoms with Crippen molar-refractivity contribution in [2.24, 2.45) is 5.92 Å². The first-order valence-electron chi connectivity index (χ1n) is 6.04. The van der Waals surface area contributed by atoms with Gasteiger partial charge in [-0.25, -0.2) is 0 Å². The Balaban J connectivity index is 2.94. The van der Waals surface area contributed by atoms with E-state index < -0.39 is 0 Å². The third-order valence-corrected chi connectivity index (χ3v) is 2.82. The lowest BCUT2D eigenvalue weighted by Gasteiger charge is -2.22. The number of nitrogens with zero attached hydrogens (tertiary/aromatic N) is 2. The average molecular weight is 245 g/mol. The Kier molecular flexibility index (Phi) is 4.73. The molecule has 0 bridgehead atoms. The number of nitrogen functional groups attached to an aromatic ring is 1. The van der Waals surface area contributed by atoms with E-state index in [4.69, 9.17) is 11.0 Å². The van der Waals surface area contributed by atoms with Gasteiger partial charge in [-0.2, -0.15) is 5.26 Å². The molecule has 0 radical (unpaired) electrons. The summed E-state index contributed by atoms with van der Waals surface area (Å²) < 4.78 is 0. The van der Waals surface area contributed by atoms with Gasteiger partial charge in [0.1, 0.15) is 0 Å². The van der Waals surface area contributed by atoms with Crippen molar-refractivity contribution in [1.29, 1.82) is 5.26 Å². The Morgan fingerprint density at radius 1 is 1.56 bits per heavy atom. The van der Waals surface area contributed by atoms with Crippen LogP contribution in [0.5, 0.6) is 0 Å². The minimum absolute atomic E-state index is 0.114. The Hall–Kier alpha value is -2.02. The van der Waals surface area contributed by atoms with Gasteiger partial charge in [0.25, 0.3) is 5.91 Å². The van der Waals surface area contributed by atoms with E-state index in [1.807, 2.05) is 19.9 Å². The second-order valence-corrected chi connectivity index (χ2v) is 4.46. The summed E-state index contributed by atoms with van der Waals surface area (Å²) in [6, 6.07) is 7.53. The molecule has 0 spiro atoms. The summed E-state index contributed by atoms with van der Waals surface area (Å²) in [4.78, 5) is 13.9. The molecule has 96 valence electrons. The molecule has 18 heavy (non-hydrogen) atoms. The number of rotatable bonds is 4. The summed E-state index contributed by atoms with van der Waals surface area (Å²) in [7, 11) is 0. The molecule has 0 aliphatic heterocycles. The molecule has 1 aromatic rings. The van der Waals surface area contributed by atoms with E-state index in [9.17, 15) is 4.79 Å². The molecule has 0 aliphatic carbocycles. The lowest BCUT2D eigenvalue weighted by atomic mass is 10.1. The van der Waals surface area contributed by atoms with Gasteiger partial charge in [0, 0.05) is 18.8 Å². The Labute approximate surface area is 108 Å². The quantitative estimate of drug-likeness (QED) is 0.827. The van der Waals surface area contributed by atoms with Crippen LogP contribution in [0.2, 0.25) is 0 Å². The Morgan fingerprint density at radius 3 is 2.72 bits per heavy atom. The zero-order chi connectivity index (χ0) is 13.7. The van der Waals surface area contributed by atoms with E-state index in [0.717, 1.165) is 5.56 Å². The van der Waals surface area contributed by atoms with Crippen LogP contribution < -0.4 is 5.73 Å². The van der Waals surface area contributed by atoms with E-state index >= 15 is 0 Å². The number of hydrogen-bond donors (Lipinski definition) is 1. The van der Waals surface area contributed by atoms with Crippen molar-refractivity contribution in [2.45, 2.75) is 20.8 Å². The molecule has 2 N–H and O–H groups in total. The second-order valence-electron chi connectivity index (χ2n) is 4.46. The van der Waals surface area contributed by atoms with Crippen molar-refractivity contribution in [3.63, 3.8) is 0 Å². The highest BCUT2D eigenvalue weighted by Crippen LogP contribution is 2.16. The Morgan fingerprint density at radius 2 is 2.22 bits per heavy atom. The highest BCUT2D eigenvalue weighted by Gasteiger charge is 2.18. The summed E-state index contributed by atoms with van der Waals surface area (Å²) in [6.07, 6.45) is 0. The first-order chi connectivity index (χ1) is 8.49. The molecule has 4 nitrogen and oxygen atoms in total. The first kappa shape index (κ1) is 14.0. The van der Waals surface area contributed by atoms with Crippen LogP contribution in [0.3, 0.4) is 0 Å². The minimum Gasteiger partial charge on any atom is -0.398 e. The zero-order valence-corrected chi connectivity index (χ0v) is 11.1. The van der Waals surface area contributed by atoms with E-state index in [2.05, 4.69) is 6.07 Å². The van der Waals surface area contributed by atoms with Gasteiger partial charge in [0.2, 0.25) is 0 Å². The summed E-state index contributed by atoms with van der Waals surface area (Å²) in [5, 5.41) is 8.81. The van der Waals surface area contributed by atoms with Crippen molar-refractivity contribution < 1.29 is 4.79 Å². The van der Waals surface area contributed by atoms with Crippen LogP contribution in [0, 0.1) is 24.2 Å². The molecule has 4 heteroatoms. The lowest BCUT2D eigenvalue weighted by Crippen LogP contribution is -2.34. The lowest BCUT2D eigenvalue weighted by molar-refractivity contribution is 0.0754. The zero-order valence-electron chi connectivity index (χ0n) is 11.1. The number of carbonyl (C=O) groups excluding carboxylic acids is 1. The molecule has 1 atom stereocenters. The second kappa shape index (κ2) is 6.06. The summed E-state index contributed by atoms with van der Waals surface area (Å²) >= 11 is 0. The molecule has 0 saturated heterocycles. The highest BCUT2D eigenvalue weighted by atomic mass is 16.2. The predicted octanol–water partition coefficient (Wildman–Crippen LogP) is 2.20. The number of hydrogen-bond acceptors (Lipinski definition) is 3. The summed E-state index contributed by atoms with van der Waals surface area (Å²) in [5.41, 5.74) is 7.89. The number of benzene rings is 1. The maximum absolute atomic E-state index is 12.3. The predicted molar refractivity (Wildman–Crippen MR) is 71.9 cm³/mol. The largest absolute Gasteiger partial charge is 0.398 e. The van der Waals surface area contributed by atoms with Gasteiger partial charge < -0.3 is 10.6 Å². The fourth-order valence-electron chi connectivity index (χ4n) is 1.77. The molecule has 0 heterocycles. The molecule has 0 aliphatic rings. The van der Waals surface area contributed by atoms with Crippen LogP contribution in [0.4, 0.5) is 5.69 Å². The van der Waals surface area contributed by atoms with Crippen LogP contribution in [0.25, 0.3) is 0 Å². The third-order valence-electron chi connectivity index (χ3n) is 2.82. The molecular formula is C14H19N3O. The first-order valence-corrected chi connectivity index (χ1v) is 6.04. The van der Waals surface area contributed by atoms with E-state index in [1.165, 1.54) is 0 Å². The molecule has 1 aromatic carbocycles. The molecule has 1 unspecified atom stereocenters. The standard InChI is InChI=1S/C14H19N3O/c1-4-17(9-11(3)8-15)14(18)12-6-5-10(2)7-13(12)16/h5-7,11H,4,9,16H2,1-3H3. The fraction of sp³-hybridized carbons (Fsp3) is 0.429. The number of carbonyl (C=O) groups is 1. The van der Waals surface area contributed by atoms with Crippen molar-refractivity contribution in [1.82, 2.24) is 4.90 Å². The monoisotopic (exact) mass is 245 g/mol. The van der Waals surface area contributed by atoms with Gasteiger partial charge in [-0.15, -0.1) is 0 Å². The SMILES string of the molecule is CCN(CC(C)C#N)C(=O)c1ccc(C)cc1N. The third kappa shape index (κ3) is 3.24. The normalized spacial score (nSPS) is 11.7. The maximum Gasteiger partial charge on any atom is 0.255 e. The minimum atomic E-state index is -0.180. The van der Waals surface area contributed by atoms with Crippen LogP contribution in [0.1, 0.15) is 29.8 Å². The summed E-state index contributed by atoms with van der Waals surface area (Å²) in [5.74, 6) is -0.294. The van der Waals surface area contributed by atoms with Crippen molar-refractivity contribution in [3.8, 4) is 6.07 Å². The van der Waals surface area contributed by atoms with E-state index in [1.54, 1.807) is 24.0 Å². The van der Waals surface area contributed by atoms with Crippen molar-refractivity contribution in [3.05, 3.63) is 29.3 Å². The Bertz CT molecular complexity index is 476. The van der Waals surface area contributed by atoms with Crippen LogP contribution >= 0.6 is 0 Å². The molecule has 1 amide bonds. The average Bonchev–Trinajstić information content (AvgIpc) is 2.34. The van der Waals surface area contributed by atoms with E-state index in [0.29, 0.717) is 24.3 Å². The van der Waals surface area contributed by atoms with Crippen molar-refractivity contribution in [2.75, 3.05) is 18.8 Å². The molecule has 0 aromatic heterocycles. The van der Waals surface area contributed by atoms with Gasteiger partial charge >= 0.3 is 0 Å². The van der Waals surface area contributed by atoms with E-state index in [-0.39, 0.29) is 11.8 Å². The van der Waals surface area contributed by atoms with Crippen LogP contribution in [0.15, 0.2) is 18.2 Å². The summed E-state index contributed by atoms with van der Waals surface area (Å²) in [6.45, 7) is 6.62. The van der Waals surface area contributed by atoms with Gasteiger partial charge in [-0.3, -0.25) is 4.79 Å². The number of nitriles is 1. The molecule has 0 saturated carbocycles. The van der Waals surface area contributed by atoms with Crippen molar-refractivity contribution >= 4 is 11.6 Å². The molecule has 0 fully saturated rings. The highest BCUT2D eigenvalue weighted by molar-refractivity contribution is 5.99. The van der Waals surface area contributed by atoms with Crippen LogP contribution in [-0.4, -0.2) is 23.9 Å². The van der Waals surface area contributed by atoms with Crippen LogP contribution in [-0.2, 0) is 0 Å². The smallest absolute Gasteiger partial charge is 0.255 e. The number of nitrogens with two attached hydrogens (primary N) is 1. The van der Waals surface area contributed by atoms with Gasteiger partial charge in [0.05, 0.1) is 17.6 Å². The molecule has 1 rings (SSSR count). The van der Waals surface area contributed by atoms with Gasteiger partial charge in [0.15, 0.2) is 0 Å². The molecular weight excluding hydrogens is 226 g/mol. The fourth-order valence-corrected chi connectivity index (χ4v) is 1.77. The topological polar surface area (TPSA) is 70.1 Å². The number of anilines is 1. The van der Waals surface area contributed by atoms with Gasteiger partial charge in [-0.05, 0) is 38.5 Å². The van der Waals surface area contributed by atoms with Gasteiger partial charge in [-0.1, -0.05) is 6.07 Å².